The lowest BCUT2D eigenvalue weighted by atomic mass is 10.1. The molecule has 0 saturated carbocycles. The van der Waals surface area contributed by atoms with Gasteiger partial charge in [0.1, 0.15) is 5.56 Å². The van der Waals surface area contributed by atoms with Crippen LogP contribution in [0.4, 0.5) is 20.3 Å². The number of halogens is 2. The van der Waals surface area contributed by atoms with Crippen LogP contribution in [-0.2, 0) is 0 Å². The van der Waals surface area contributed by atoms with Gasteiger partial charge in [-0.2, -0.15) is 0 Å². The molecule has 6 nitrogen and oxygen atoms in total. The maximum absolute atomic E-state index is 12.4. The first-order chi connectivity index (χ1) is 6.99. The van der Waals surface area contributed by atoms with Gasteiger partial charge in [-0.15, -0.1) is 0 Å². The largest absolute Gasteiger partial charge is 0.397 e. The lowest BCUT2D eigenvalue weighted by Gasteiger charge is -2.05. The Hall–Kier alpha value is -2.12. The number of aromatic nitrogens is 1. The van der Waals surface area contributed by atoms with Crippen molar-refractivity contribution in [1.29, 1.82) is 0 Å². The molecule has 0 radical (unpaired) electrons. The first-order valence-corrected chi connectivity index (χ1v) is 3.65. The normalized spacial score (nSPS) is 10.3. The number of aldehydes is 1. The van der Waals surface area contributed by atoms with E-state index in [1.807, 2.05) is 0 Å². The Labute approximate surface area is 81.9 Å². The smallest absolute Gasteiger partial charge is 0.374 e. The van der Waals surface area contributed by atoms with E-state index in [0.717, 1.165) is 6.20 Å². The van der Waals surface area contributed by atoms with E-state index in [0.29, 0.717) is 0 Å². The van der Waals surface area contributed by atoms with Gasteiger partial charge in [-0.1, -0.05) is 0 Å². The molecule has 0 aliphatic carbocycles. The third kappa shape index (κ3) is 1.87. The molecule has 0 spiro atoms. The lowest BCUT2D eigenvalue weighted by molar-refractivity contribution is -0.390. The van der Waals surface area contributed by atoms with Gasteiger partial charge in [-0.3, -0.25) is 4.79 Å². The van der Waals surface area contributed by atoms with Crippen LogP contribution in [0.1, 0.15) is 22.3 Å². The summed E-state index contributed by atoms with van der Waals surface area (Å²) >= 11 is 0. The molecule has 15 heavy (non-hydrogen) atoms. The highest BCUT2D eigenvalue weighted by molar-refractivity contribution is 5.85. The van der Waals surface area contributed by atoms with Crippen molar-refractivity contribution in [1.82, 2.24) is 4.98 Å². The quantitative estimate of drug-likeness (QED) is 0.467. The lowest BCUT2D eigenvalue weighted by Crippen LogP contribution is -2.06. The SMILES string of the molecule is Nc1c(C=O)cnc([N+](=O)[O-])c1C(F)F. The van der Waals surface area contributed by atoms with Gasteiger partial charge in [0.05, 0.1) is 11.3 Å². The van der Waals surface area contributed by atoms with E-state index < -0.39 is 28.4 Å². The number of alkyl halides is 2. The minimum Gasteiger partial charge on any atom is -0.397 e. The Morgan fingerprint density at radius 3 is 2.60 bits per heavy atom. The van der Waals surface area contributed by atoms with Gasteiger partial charge >= 0.3 is 5.82 Å². The summed E-state index contributed by atoms with van der Waals surface area (Å²) in [6.07, 6.45) is -2.16. The molecule has 2 N–H and O–H groups in total. The van der Waals surface area contributed by atoms with E-state index in [1.54, 1.807) is 0 Å². The van der Waals surface area contributed by atoms with Crippen molar-refractivity contribution in [2.45, 2.75) is 6.43 Å². The topological polar surface area (TPSA) is 99.1 Å². The molecule has 0 bridgehead atoms. The fraction of sp³-hybridized carbons (Fsp3) is 0.143. The summed E-state index contributed by atoms with van der Waals surface area (Å²) in [4.78, 5) is 22.8. The summed E-state index contributed by atoms with van der Waals surface area (Å²) in [5.74, 6) is -1.03. The van der Waals surface area contributed by atoms with Gasteiger partial charge < -0.3 is 15.8 Å². The summed E-state index contributed by atoms with van der Waals surface area (Å²) in [6, 6.07) is 0. The standard InChI is InChI=1S/C7H5F2N3O3/c8-6(9)4-5(10)3(2-13)1-11-7(4)12(14)15/h1-2,6H,(H2,10,11). The molecule has 1 aromatic rings. The van der Waals surface area contributed by atoms with Crippen molar-refractivity contribution < 1.29 is 18.5 Å². The Morgan fingerprint density at radius 2 is 2.20 bits per heavy atom. The molecule has 0 saturated heterocycles. The first kappa shape index (κ1) is 11.0. The van der Waals surface area contributed by atoms with Gasteiger partial charge in [0, 0.05) is 0 Å². The molecular formula is C7H5F2N3O3. The average molecular weight is 217 g/mol. The first-order valence-electron chi connectivity index (χ1n) is 3.65. The van der Waals surface area contributed by atoms with Crippen LogP contribution in [0.3, 0.4) is 0 Å². The van der Waals surface area contributed by atoms with Crippen LogP contribution in [0.25, 0.3) is 0 Å². The second kappa shape index (κ2) is 3.95. The minimum absolute atomic E-state index is 0.206. The van der Waals surface area contributed by atoms with Gasteiger partial charge in [-0.25, -0.2) is 8.78 Å². The highest BCUT2D eigenvalue weighted by atomic mass is 19.3. The van der Waals surface area contributed by atoms with Crippen LogP contribution < -0.4 is 5.73 Å². The van der Waals surface area contributed by atoms with Gasteiger partial charge in [0.15, 0.2) is 12.5 Å². The Bertz CT molecular complexity index is 422. The number of nitro groups is 1. The summed E-state index contributed by atoms with van der Waals surface area (Å²) in [5, 5.41) is 10.3. The molecule has 0 atom stereocenters. The molecule has 0 fully saturated rings. The van der Waals surface area contributed by atoms with E-state index in [2.05, 4.69) is 4.98 Å². The second-order valence-electron chi connectivity index (χ2n) is 2.54. The number of pyridine rings is 1. The number of nitrogen functional groups attached to an aromatic ring is 1. The van der Waals surface area contributed by atoms with Crippen molar-refractivity contribution >= 4 is 17.8 Å². The van der Waals surface area contributed by atoms with E-state index in [4.69, 9.17) is 5.73 Å². The summed E-state index contributed by atoms with van der Waals surface area (Å²) < 4.78 is 24.8. The minimum atomic E-state index is -3.15. The third-order valence-electron chi connectivity index (χ3n) is 1.69. The Morgan fingerprint density at radius 1 is 1.60 bits per heavy atom. The third-order valence-corrected chi connectivity index (χ3v) is 1.69. The molecule has 0 aliphatic rings. The van der Waals surface area contributed by atoms with E-state index in [1.165, 1.54) is 0 Å². The van der Waals surface area contributed by atoms with Gasteiger partial charge in [0.25, 0.3) is 6.43 Å². The summed E-state index contributed by atoms with van der Waals surface area (Å²) in [6.45, 7) is 0. The molecule has 80 valence electrons. The molecule has 1 rings (SSSR count). The van der Waals surface area contributed by atoms with Crippen LogP contribution in [0.2, 0.25) is 0 Å². The summed E-state index contributed by atoms with van der Waals surface area (Å²) in [5.41, 5.74) is 3.25. The zero-order valence-corrected chi connectivity index (χ0v) is 7.18. The van der Waals surface area contributed by atoms with Crippen LogP contribution in [0, 0.1) is 10.1 Å². The number of carbonyl (C=O) groups is 1. The van der Waals surface area contributed by atoms with Crippen molar-refractivity contribution in [3.05, 3.63) is 27.4 Å². The zero-order valence-electron chi connectivity index (χ0n) is 7.18. The Kier molecular flexibility index (Phi) is 2.88. The Balaban J connectivity index is 3.51. The number of anilines is 1. The van der Waals surface area contributed by atoms with E-state index in [9.17, 15) is 23.7 Å². The van der Waals surface area contributed by atoms with Crippen LogP contribution in [-0.4, -0.2) is 16.2 Å². The van der Waals surface area contributed by atoms with Gasteiger partial charge in [-0.05, 0) is 9.91 Å². The summed E-state index contributed by atoms with van der Waals surface area (Å²) in [7, 11) is 0. The molecule has 0 amide bonds. The number of nitrogens with zero attached hydrogens (tertiary/aromatic N) is 2. The van der Waals surface area contributed by atoms with Crippen molar-refractivity contribution in [3.63, 3.8) is 0 Å². The number of hydrogen-bond donors (Lipinski definition) is 1. The fourth-order valence-electron chi connectivity index (χ4n) is 1.00. The molecule has 0 unspecified atom stereocenters. The van der Waals surface area contributed by atoms with Crippen molar-refractivity contribution in [2.24, 2.45) is 0 Å². The zero-order chi connectivity index (χ0) is 11.6. The van der Waals surface area contributed by atoms with Crippen LogP contribution in [0.15, 0.2) is 6.20 Å². The second-order valence-corrected chi connectivity index (χ2v) is 2.54. The van der Waals surface area contributed by atoms with Crippen molar-refractivity contribution in [2.75, 3.05) is 5.73 Å². The predicted octanol–water partition coefficient (Wildman–Crippen LogP) is 1.32. The number of carbonyl (C=O) groups excluding carboxylic acids is 1. The van der Waals surface area contributed by atoms with Crippen LogP contribution in [0.5, 0.6) is 0 Å². The maximum Gasteiger partial charge on any atom is 0.374 e. The fourth-order valence-corrected chi connectivity index (χ4v) is 1.00. The van der Waals surface area contributed by atoms with Crippen molar-refractivity contribution in [3.8, 4) is 0 Å². The predicted molar refractivity (Wildman–Crippen MR) is 45.6 cm³/mol. The highest BCUT2D eigenvalue weighted by Gasteiger charge is 2.28. The van der Waals surface area contributed by atoms with E-state index in [-0.39, 0.29) is 11.8 Å². The number of nitrogens with two attached hydrogens (primary N) is 1. The monoisotopic (exact) mass is 217 g/mol. The highest BCUT2D eigenvalue weighted by Crippen LogP contribution is 2.33. The number of hydrogen-bond acceptors (Lipinski definition) is 5. The molecular weight excluding hydrogens is 212 g/mol. The number of rotatable bonds is 3. The molecule has 1 heterocycles. The molecule has 8 heteroatoms. The molecule has 0 aliphatic heterocycles. The van der Waals surface area contributed by atoms with E-state index >= 15 is 0 Å². The molecule has 1 aromatic heterocycles. The van der Waals surface area contributed by atoms with Crippen LogP contribution >= 0.6 is 0 Å². The molecule has 0 aromatic carbocycles. The average Bonchev–Trinajstić information content (AvgIpc) is 2.16. The van der Waals surface area contributed by atoms with Gasteiger partial charge in [0.2, 0.25) is 0 Å². The maximum atomic E-state index is 12.4.